The Morgan fingerprint density at radius 2 is 1.86 bits per heavy atom. The Kier molecular flexibility index (Phi) is 6.57. The Hall–Kier alpha value is -2.88. The van der Waals surface area contributed by atoms with E-state index in [2.05, 4.69) is 5.32 Å². The maximum atomic E-state index is 13.5. The number of rotatable bonds is 6. The lowest BCUT2D eigenvalue weighted by Crippen LogP contribution is -2.19. The van der Waals surface area contributed by atoms with Gasteiger partial charge < -0.3 is 14.8 Å². The summed E-state index contributed by atoms with van der Waals surface area (Å²) in [6, 6.07) is 5.65. The Morgan fingerprint density at radius 3 is 2.36 bits per heavy atom. The van der Waals surface area contributed by atoms with Gasteiger partial charge in [0, 0.05) is 6.20 Å². The molecule has 0 amide bonds. The van der Waals surface area contributed by atoms with Crippen molar-refractivity contribution in [2.75, 3.05) is 18.5 Å². The fourth-order valence-electron chi connectivity index (χ4n) is 1.53. The van der Waals surface area contributed by atoms with E-state index >= 15 is 0 Å². The molecule has 0 unspecified atom stereocenters. The molecular formula is C15H15FN2O4. The molecule has 0 bridgehead atoms. The number of hydrogen-bond donors (Lipinski definition) is 1. The van der Waals surface area contributed by atoms with Gasteiger partial charge in [-0.3, -0.25) is 0 Å². The predicted molar refractivity (Wildman–Crippen MR) is 76.1 cm³/mol. The lowest BCUT2D eigenvalue weighted by Gasteiger charge is -2.08. The lowest BCUT2D eigenvalue weighted by atomic mass is 10.2. The van der Waals surface area contributed by atoms with Gasteiger partial charge in [-0.15, -0.1) is 0 Å². The van der Waals surface area contributed by atoms with Gasteiger partial charge in [-0.1, -0.05) is 6.07 Å². The van der Waals surface area contributed by atoms with E-state index in [1.54, 1.807) is 19.9 Å². The van der Waals surface area contributed by atoms with Crippen LogP contribution in [0.1, 0.15) is 19.4 Å². The number of anilines is 1. The summed E-state index contributed by atoms with van der Waals surface area (Å²) < 4.78 is 23.0. The fraction of sp³-hybridized carbons (Fsp3) is 0.267. The molecule has 22 heavy (non-hydrogen) atoms. The number of hydrogen-bond acceptors (Lipinski definition) is 6. The standard InChI is InChI=1S/C15H15FN2O4/c1-3-21-14(19)11(15(20)22-4-2)9-18-13-7-5-6-12(16)10(13)8-17/h5-7,9,18H,3-4H2,1-2H3. The number of nitrogens with one attached hydrogen (secondary N) is 1. The van der Waals surface area contributed by atoms with Crippen molar-refractivity contribution >= 4 is 17.6 Å². The maximum absolute atomic E-state index is 13.5. The van der Waals surface area contributed by atoms with Gasteiger partial charge >= 0.3 is 11.9 Å². The number of esters is 2. The van der Waals surface area contributed by atoms with Gasteiger partial charge in [0.05, 0.1) is 18.9 Å². The van der Waals surface area contributed by atoms with E-state index < -0.39 is 17.8 Å². The van der Waals surface area contributed by atoms with Gasteiger partial charge in [0.1, 0.15) is 17.4 Å². The minimum absolute atomic E-state index is 0.0823. The number of benzene rings is 1. The van der Waals surface area contributed by atoms with Crippen LogP contribution < -0.4 is 5.32 Å². The zero-order valence-electron chi connectivity index (χ0n) is 12.2. The number of nitriles is 1. The van der Waals surface area contributed by atoms with Crippen LogP contribution in [0.25, 0.3) is 0 Å². The van der Waals surface area contributed by atoms with Crippen molar-refractivity contribution in [3.05, 3.63) is 41.4 Å². The minimum atomic E-state index is -0.872. The summed E-state index contributed by atoms with van der Waals surface area (Å²) in [5, 5.41) is 11.5. The molecule has 0 atom stereocenters. The van der Waals surface area contributed by atoms with Crippen LogP contribution in [0.15, 0.2) is 30.0 Å². The molecular weight excluding hydrogens is 291 g/mol. The second-order valence-corrected chi connectivity index (χ2v) is 3.92. The van der Waals surface area contributed by atoms with Crippen LogP contribution in [0.4, 0.5) is 10.1 Å². The molecule has 0 saturated heterocycles. The quantitative estimate of drug-likeness (QED) is 0.375. The Bertz CT molecular complexity index is 615. The third-order valence-electron chi connectivity index (χ3n) is 2.49. The molecule has 0 radical (unpaired) electrons. The minimum Gasteiger partial charge on any atom is -0.462 e. The highest BCUT2D eigenvalue weighted by molar-refractivity contribution is 6.14. The summed E-state index contributed by atoms with van der Waals surface area (Å²) in [6.07, 6.45) is 1.03. The van der Waals surface area contributed by atoms with Crippen molar-refractivity contribution in [2.45, 2.75) is 13.8 Å². The van der Waals surface area contributed by atoms with E-state index in [4.69, 9.17) is 14.7 Å². The number of carbonyl (C=O) groups is 2. The SMILES string of the molecule is CCOC(=O)C(=CNc1cccc(F)c1C#N)C(=O)OCC. The zero-order valence-corrected chi connectivity index (χ0v) is 12.2. The van der Waals surface area contributed by atoms with E-state index in [-0.39, 0.29) is 30.0 Å². The summed E-state index contributed by atoms with van der Waals surface area (Å²) in [6.45, 7) is 3.35. The average Bonchev–Trinajstić information content (AvgIpc) is 2.48. The van der Waals surface area contributed by atoms with Gasteiger partial charge in [-0.25, -0.2) is 14.0 Å². The highest BCUT2D eigenvalue weighted by Gasteiger charge is 2.21. The number of halogens is 1. The van der Waals surface area contributed by atoms with Crippen molar-refractivity contribution in [1.82, 2.24) is 0 Å². The average molecular weight is 306 g/mol. The first-order valence-corrected chi connectivity index (χ1v) is 6.54. The van der Waals surface area contributed by atoms with Crippen LogP contribution in [0, 0.1) is 17.1 Å². The summed E-state index contributed by atoms with van der Waals surface area (Å²) in [4.78, 5) is 23.5. The van der Waals surface area contributed by atoms with E-state index in [1.165, 1.54) is 12.1 Å². The predicted octanol–water partition coefficient (Wildman–Crippen LogP) is 2.12. The first kappa shape index (κ1) is 17.2. The van der Waals surface area contributed by atoms with E-state index in [9.17, 15) is 14.0 Å². The Labute approximate surface area is 127 Å². The molecule has 0 spiro atoms. The molecule has 0 aliphatic heterocycles. The fourth-order valence-corrected chi connectivity index (χ4v) is 1.53. The molecule has 0 heterocycles. The Balaban J connectivity index is 3.09. The lowest BCUT2D eigenvalue weighted by molar-refractivity contribution is -0.146. The van der Waals surface area contributed by atoms with Crippen LogP contribution in [-0.4, -0.2) is 25.2 Å². The van der Waals surface area contributed by atoms with E-state index in [1.807, 2.05) is 0 Å². The van der Waals surface area contributed by atoms with Crippen LogP contribution in [0.2, 0.25) is 0 Å². The van der Waals surface area contributed by atoms with Crippen LogP contribution in [0.3, 0.4) is 0 Å². The second-order valence-electron chi connectivity index (χ2n) is 3.92. The number of carbonyl (C=O) groups excluding carboxylic acids is 2. The molecule has 6 nitrogen and oxygen atoms in total. The molecule has 1 rings (SSSR count). The topological polar surface area (TPSA) is 88.4 Å². The van der Waals surface area contributed by atoms with Crippen molar-refractivity contribution in [3.8, 4) is 6.07 Å². The van der Waals surface area contributed by atoms with E-state index in [0.717, 1.165) is 12.3 Å². The highest BCUT2D eigenvalue weighted by Crippen LogP contribution is 2.18. The van der Waals surface area contributed by atoms with E-state index in [0.29, 0.717) is 0 Å². The van der Waals surface area contributed by atoms with Gasteiger partial charge in [-0.05, 0) is 26.0 Å². The molecule has 1 aromatic rings. The molecule has 0 saturated carbocycles. The molecule has 1 aromatic carbocycles. The smallest absolute Gasteiger partial charge is 0.347 e. The number of ether oxygens (including phenoxy) is 2. The third kappa shape index (κ3) is 4.31. The molecule has 0 fully saturated rings. The summed E-state index contributed by atoms with van der Waals surface area (Å²) in [5.74, 6) is -2.46. The summed E-state index contributed by atoms with van der Waals surface area (Å²) in [5.41, 5.74) is -0.490. The van der Waals surface area contributed by atoms with Gasteiger partial charge in [0.25, 0.3) is 0 Å². The molecule has 1 N–H and O–H groups in total. The van der Waals surface area contributed by atoms with Gasteiger partial charge in [-0.2, -0.15) is 5.26 Å². The molecule has 0 aliphatic carbocycles. The van der Waals surface area contributed by atoms with Crippen molar-refractivity contribution < 1.29 is 23.5 Å². The second kappa shape index (κ2) is 8.42. The largest absolute Gasteiger partial charge is 0.462 e. The van der Waals surface area contributed by atoms with Crippen LogP contribution in [-0.2, 0) is 19.1 Å². The van der Waals surface area contributed by atoms with Gasteiger partial charge in [0.15, 0.2) is 5.57 Å². The van der Waals surface area contributed by atoms with Gasteiger partial charge in [0.2, 0.25) is 0 Å². The first-order valence-electron chi connectivity index (χ1n) is 6.54. The molecule has 7 heteroatoms. The monoisotopic (exact) mass is 306 g/mol. The molecule has 0 aromatic heterocycles. The highest BCUT2D eigenvalue weighted by atomic mass is 19.1. The van der Waals surface area contributed by atoms with Crippen molar-refractivity contribution in [1.29, 1.82) is 5.26 Å². The van der Waals surface area contributed by atoms with Crippen molar-refractivity contribution in [3.63, 3.8) is 0 Å². The zero-order chi connectivity index (χ0) is 16.5. The first-order chi connectivity index (χ1) is 10.5. The number of nitrogens with zero attached hydrogens (tertiary/aromatic N) is 1. The summed E-state index contributed by atoms with van der Waals surface area (Å²) >= 11 is 0. The molecule has 116 valence electrons. The Morgan fingerprint density at radius 1 is 1.27 bits per heavy atom. The maximum Gasteiger partial charge on any atom is 0.347 e. The summed E-state index contributed by atoms with van der Waals surface area (Å²) in [7, 11) is 0. The van der Waals surface area contributed by atoms with Crippen LogP contribution >= 0.6 is 0 Å². The normalized spacial score (nSPS) is 9.36. The molecule has 0 aliphatic rings. The third-order valence-corrected chi connectivity index (χ3v) is 2.49. The van der Waals surface area contributed by atoms with Crippen LogP contribution in [0.5, 0.6) is 0 Å². The van der Waals surface area contributed by atoms with Crippen molar-refractivity contribution in [2.24, 2.45) is 0 Å².